The molecule has 15 heavy (non-hydrogen) atoms. The van der Waals surface area contributed by atoms with Crippen molar-refractivity contribution in [3.05, 3.63) is 0 Å². The van der Waals surface area contributed by atoms with Crippen LogP contribution in [0.2, 0.25) is 0 Å². The van der Waals surface area contributed by atoms with Gasteiger partial charge >= 0.3 is 0 Å². The number of amides is 1. The van der Waals surface area contributed by atoms with Gasteiger partial charge in [-0.25, -0.2) is 0 Å². The summed E-state index contributed by atoms with van der Waals surface area (Å²) >= 11 is 0. The monoisotopic (exact) mass is 214 g/mol. The molecule has 0 aliphatic heterocycles. The molecule has 1 amide bonds. The van der Waals surface area contributed by atoms with Gasteiger partial charge in [-0.15, -0.1) is 0 Å². The van der Waals surface area contributed by atoms with Crippen LogP contribution in [-0.4, -0.2) is 32.2 Å². The summed E-state index contributed by atoms with van der Waals surface area (Å²) in [5, 5.41) is 2.89. The Bertz CT molecular complexity index is 191. The molecule has 1 rings (SSSR count). The minimum atomic E-state index is -0.529. The number of hydrogen-bond donors (Lipinski definition) is 2. The minimum absolute atomic E-state index is 0.0950. The molecule has 0 aromatic rings. The third kappa shape index (κ3) is 4.62. The van der Waals surface area contributed by atoms with Crippen LogP contribution >= 0.6 is 0 Å². The van der Waals surface area contributed by atoms with Crippen LogP contribution in [0.25, 0.3) is 0 Å². The maximum atomic E-state index is 11.5. The Hall–Kier alpha value is -0.610. The smallest absolute Gasteiger partial charge is 0.239 e. The van der Waals surface area contributed by atoms with Gasteiger partial charge in [0, 0.05) is 13.7 Å². The summed E-state index contributed by atoms with van der Waals surface area (Å²) in [6.45, 7) is 1.06. The molecule has 4 heteroatoms. The summed E-state index contributed by atoms with van der Waals surface area (Å²) in [5.41, 5.74) is 5.61. The van der Waals surface area contributed by atoms with Crippen LogP contribution < -0.4 is 11.1 Å². The Balaban J connectivity index is 2.14. The molecular formula is C11H22N2O2. The van der Waals surface area contributed by atoms with Gasteiger partial charge < -0.3 is 15.8 Å². The van der Waals surface area contributed by atoms with Gasteiger partial charge in [0.15, 0.2) is 0 Å². The lowest BCUT2D eigenvalue weighted by molar-refractivity contribution is -0.123. The average Bonchev–Trinajstić information content (AvgIpc) is 2.27. The summed E-state index contributed by atoms with van der Waals surface area (Å²) in [4.78, 5) is 11.5. The van der Waals surface area contributed by atoms with Crippen molar-refractivity contribution in [1.29, 1.82) is 0 Å². The Kier molecular flexibility index (Phi) is 5.65. The predicted molar refractivity (Wildman–Crippen MR) is 59.4 cm³/mol. The zero-order chi connectivity index (χ0) is 11.1. The third-order valence-corrected chi connectivity index (χ3v) is 2.97. The minimum Gasteiger partial charge on any atom is -0.383 e. The molecule has 1 fully saturated rings. The highest BCUT2D eigenvalue weighted by Crippen LogP contribution is 2.22. The highest BCUT2D eigenvalue weighted by molar-refractivity contribution is 5.81. The van der Waals surface area contributed by atoms with E-state index >= 15 is 0 Å². The fourth-order valence-corrected chi connectivity index (χ4v) is 2.02. The maximum absolute atomic E-state index is 11.5. The second kappa shape index (κ2) is 6.80. The van der Waals surface area contributed by atoms with Crippen LogP contribution in [-0.2, 0) is 9.53 Å². The molecule has 0 heterocycles. The van der Waals surface area contributed by atoms with Gasteiger partial charge in [0.1, 0.15) is 6.04 Å². The Morgan fingerprint density at radius 3 is 2.73 bits per heavy atom. The summed E-state index contributed by atoms with van der Waals surface area (Å²) in [6, 6.07) is -0.529. The average molecular weight is 214 g/mol. The standard InChI is InChI=1S/C11H22N2O2/c1-15-8-10(12)11(14)13-7-9-5-3-2-4-6-9/h9-10H,2-8,12H2,1H3,(H,13,14). The summed E-state index contributed by atoms with van der Waals surface area (Å²) < 4.78 is 4.83. The number of carbonyl (C=O) groups excluding carboxylic acids is 1. The predicted octanol–water partition coefficient (Wildman–Crippen LogP) is 0.657. The fraction of sp³-hybridized carbons (Fsp3) is 0.909. The number of methoxy groups -OCH3 is 1. The first kappa shape index (κ1) is 12.5. The van der Waals surface area contributed by atoms with Gasteiger partial charge in [0.2, 0.25) is 5.91 Å². The number of rotatable bonds is 5. The molecule has 0 aromatic heterocycles. The van der Waals surface area contributed by atoms with Crippen LogP contribution in [0.1, 0.15) is 32.1 Å². The molecule has 1 atom stereocenters. The van der Waals surface area contributed by atoms with E-state index in [9.17, 15) is 4.79 Å². The highest BCUT2D eigenvalue weighted by Gasteiger charge is 2.17. The lowest BCUT2D eigenvalue weighted by atomic mass is 9.89. The first-order valence-electron chi connectivity index (χ1n) is 5.76. The van der Waals surface area contributed by atoms with Crippen LogP contribution in [0.3, 0.4) is 0 Å². The molecular weight excluding hydrogens is 192 g/mol. The van der Waals surface area contributed by atoms with Crippen molar-refractivity contribution in [2.24, 2.45) is 11.7 Å². The van der Waals surface area contributed by atoms with Gasteiger partial charge in [-0.2, -0.15) is 0 Å². The van der Waals surface area contributed by atoms with E-state index < -0.39 is 6.04 Å². The Morgan fingerprint density at radius 1 is 1.47 bits per heavy atom. The molecule has 1 aliphatic rings. The molecule has 0 aromatic carbocycles. The summed E-state index contributed by atoms with van der Waals surface area (Å²) in [6.07, 6.45) is 6.41. The van der Waals surface area contributed by atoms with Gasteiger partial charge in [0.05, 0.1) is 6.61 Å². The van der Waals surface area contributed by atoms with E-state index in [2.05, 4.69) is 5.32 Å². The van der Waals surface area contributed by atoms with E-state index in [0.29, 0.717) is 5.92 Å². The van der Waals surface area contributed by atoms with Crippen molar-refractivity contribution in [1.82, 2.24) is 5.32 Å². The van der Waals surface area contributed by atoms with Crippen molar-refractivity contribution in [3.63, 3.8) is 0 Å². The lowest BCUT2D eigenvalue weighted by Crippen LogP contribution is -2.45. The van der Waals surface area contributed by atoms with Crippen LogP contribution in [0, 0.1) is 5.92 Å². The molecule has 3 N–H and O–H groups in total. The van der Waals surface area contributed by atoms with Crippen LogP contribution in [0.4, 0.5) is 0 Å². The number of hydrogen-bond acceptors (Lipinski definition) is 3. The zero-order valence-corrected chi connectivity index (χ0v) is 9.50. The highest BCUT2D eigenvalue weighted by atomic mass is 16.5. The zero-order valence-electron chi connectivity index (χ0n) is 9.50. The van der Waals surface area contributed by atoms with E-state index in [1.54, 1.807) is 7.11 Å². The second-order valence-electron chi connectivity index (χ2n) is 4.31. The van der Waals surface area contributed by atoms with Crippen molar-refractivity contribution in [3.8, 4) is 0 Å². The molecule has 1 aliphatic carbocycles. The molecule has 1 saturated carbocycles. The number of nitrogens with two attached hydrogens (primary N) is 1. The van der Waals surface area contributed by atoms with Crippen molar-refractivity contribution >= 4 is 5.91 Å². The number of carbonyl (C=O) groups is 1. The first-order chi connectivity index (χ1) is 7.24. The van der Waals surface area contributed by atoms with E-state index in [0.717, 1.165) is 6.54 Å². The molecule has 0 radical (unpaired) electrons. The molecule has 0 saturated heterocycles. The largest absolute Gasteiger partial charge is 0.383 e. The Labute approximate surface area is 91.5 Å². The van der Waals surface area contributed by atoms with Crippen molar-refractivity contribution in [2.45, 2.75) is 38.1 Å². The van der Waals surface area contributed by atoms with Gasteiger partial charge in [0.25, 0.3) is 0 Å². The van der Waals surface area contributed by atoms with Crippen molar-refractivity contribution < 1.29 is 9.53 Å². The second-order valence-corrected chi connectivity index (χ2v) is 4.31. The van der Waals surface area contributed by atoms with Crippen LogP contribution in [0.5, 0.6) is 0 Å². The van der Waals surface area contributed by atoms with E-state index in [1.165, 1.54) is 32.1 Å². The summed E-state index contributed by atoms with van der Waals surface area (Å²) in [5.74, 6) is 0.555. The SMILES string of the molecule is COCC(N)C(=O)NCC1CCCCC1. The number of nitrogens with one attached hydrogen (secondary N) is 1. The third-order valence-electron chi connectivity index (χ3n) is 2.97. The van der Waals surface area contributed by atoms with E-state index in [-0.39, 0.29) is 12.5 Å². The summed E-state index contributed by atoms with van der Waals surface area (Å²) in [7, 11) is 1.55. The van der Waals surface area contributed by atoms with Gasteiger partial charge in [-0.1, -0.05) is 19.3 Å². The maximum Gasteiger partial charge on any atom is 0.239 e. The molecule has 0 bridgehead atoms. The first-order valence-corrected chi connectivity index (χ1v) is 5.76. The van der Waals surface area contributed by atoms with Crippen molar-refractivity contribution in [2.75, 3.05) is 20.3 Å². The van der Waals surface area contributed by atoms with Gasteiger partial charge in [-0.05, 0) is 18.8 Å². The van der Waals surface area contributed by atoms with E-state index in [1.807, 2.05) is 0 Å². The topological polar surface area (TPSA) is 64.3 Å². The molecule has 0 spiro atoms. The molecule has 1 unspecified atom stereocenters. The Morgan fingerprint density at radius 2 is 2.13 bits per heavy atom. The van der Waals surface area contributed by atoms with Crippen LogP contribution in [0.15, 0.2) is 0 Å². The quantitative estimate of drug-likeness (QED) is 0.706. The fourth-order valence-electron chi connectivity index (χ4n) is 2.02. The number of ether oxygens (including phenoxy) is 1. The van der Waals surface area contributed by atoms with E-state index in [4.69, 9.17) is 10.5 Å². The lowest BCUT2D eigenvalue weighted by Gasteiger charge is -2.22. The van der Waals surface area contributed by atoms with Gasteiger partial charge in [-0.3, -0.25) is 4.79 Å². The molecule has 88 valence electrons. The molecule has 4 nitrogen and oxygen atoms in total. The normalized spacial score (nSPS) is 19.9.